The average Bonchev–Trinajstić information content (AvgIpc) is 2.74. The van der Waals surface area contributed by atoms with Crippen LogP contribution in [0.25, 0.3) is 0 Å². The Labute approximate surface area is 187 Å². The molecule has 1 aromatic rings. The number of hydrogen-bond donors (Lipinski definition) is 0. The molecular weight excluding hydrogens is 439 g/mol. The first kappa shape index (κ1) is 25.8. The van der Waals surface area contributed by atoms with E-state index in [1.165, 1.54) is 12.5 Å². The lowest BCUT2D eigenvalue weighted by atomic mass is 9.82. The molecule has 0 saturated heterocycles. The first-order valence-electron chi connectivity index (χ1n) is 11.0. The summed E-state index contributed by atoms with van der Waals surface area (Å²) in [6.45, 7) is 5.50. The molecule has 0 N–H and O–H groups in total. The molecule has 0 aromatic heterocycles. The Morgan fingerprint density at radius 1 is 1.16 bits per heavy atom. The molecule has 1 fully saturated rings. The third-order valence-corrected chi connectivity index (χ3v) is 7.80. The molecule has 7 nitrogen and oxygen atoms in total. The molecule has 1 saturated carbocycles. The summed E-state index contributed by atoms with van der Waals surface area (Å²) in [7, 11) is -5.04. The van der Waals surface area contributed by atoms with Gasteiger partial charge in [0.15, 0.2) is 5.66 Å². The summed E-state index contributed by atoms with van der Waals surface area (Å²) in [6, 6.07) is 4.74. The van der Waals surface area contributed by atoms with Gasteiger partial charge in [-0.05, 0) is 50.8 Å². The third kappa shape index (κ3) is 7.55. The maximum atomic E-state index is 12.9. The van der Waals surface area contributed by atoms with E-state index in [1.54, 1.807) is 26.0 Å². The van der Waals surface area contributed by atoms with Crippen LogP contribution in [0, 0.1) is 18.8 Å². The number of carbonyl (C=O) groups excluding carboxylic acids is 1. The van der Waals surface area contributed by atoms with Crippen LogP contribution in [0.3, 0.4) is 0 Å². The minimum absolute atomic E-state index is 0.0760. The molecule has 174 valence electrons. The number of aryl methyl sites for hydroxylation is 1. The number of esters is 1. The second-order valence-electron chi connectivity index (χ2n) is 7.94. The van der Waals surface area contributed by atoms with Gasteiger partial charge < -0.3 is 9.47 Å². The molecule has 1 aromatic carbocycles. The second kappa shape index (κ2) is 12.5. The topological polar surface area (TPSA) is 96.0 Å². The van der Waals surface area contributed by atoms with Gasteiger partial charge in [0.05, 0.1) is 13.2 Å². The first-order valence-corrected chi connectivity index (χ1v) is 13.4. The van der Waals surface area contributed by atoms with E-state index >= 15 is 0 Å². The quantitative estimate of drug-likeness (QED) is 0.248. The van der Waals surface area contributed by atoms with Gasteiger partial charge in [0.2, 0.25) is 0 Å². The van der Waals surface area contributed by atoms with Crippen molar-refractivity contribution in [3.8, 4) is 5.75 Å². The molecular formula is C22H34O7PS+. The van der Waals surface area contributed by atoms with Gasteiger partial charge in [-0.2, -0.15) is 8.42 Å². The van der Waals surface area contributed by atoms with Crippen LogP contribution in [0.1, 0.15) is 57.9 Å². The van der Waals surface area contributed by atoms with E-state index in [0.717, 1.165) is 31.2 Å². The minimum atomic E-state index is -4.15. The fourth-order valence-corrected chi connectivity index (χ4v) is 5.77. The molecule has 9 heteroatoms. The fourth-order valence-electron chi connectivity index (χ4n) is 4.00. The van der Waals surface area contributed by atoms with Crippen LogP contribution in [-0.2, 0) is 28.4 Å². The van der Waals surface area contributed by atoms with Crippen molar-refractivity contribution >= 4 is 24.5 Å². The van der Waals surface area contributed by atoms with Gasteiger partial charge in [-0.1, -0.05) is 42.7 Å². The van der Waals surface area contributed by atoms with E-state index in [0.29, 0.717) is 18.9 Å². The largest absolute Gasteiger partial charge is 0.492 e. The van der Waals surface area contributed by atoms with Gasteiger partial charge in [0, 0.05) is 0 Å². The molecule has 0 aliphatic heterocycles. The van der Waals surface area contributed by atoms with Gasteiger partial charge >= 0.3 is 24.5 Å². The van der Waals surface area contributed by atoms with E-state index in [9.17, 15) is 17.8 Å². The standard InChI is InChI=1S/C22H33O7PS/c1-4-27-19-13-16(3)11-12-21(19)31(25,26)29-15-20(30-24)18(22(23)28-5-2)14-17-9-7-6-8-10-17/h11-13,17-18,20H,4-10,14-15H2,1-3H3/p+1. The summed E-state index contributed by atoms with van der Waals surface area (Å²) in [6.07, 6.45) is 5.99. The van der Waals surface area contributed by atoms with Gasteiger partial charge in [0.25, 0.3) is 0 Å². The van der Waals surface area contributed by atoms with Crippen molar-refractivity contribution < 1.29 is 31.4 Å². The monoisotopic (exact) mass is 473 g/mol. The zero-order chi connectivity index (χ0) is 22.9. The molecule has 31 heavy (non-hydrogen) atoms. The Hall–Kier alpha value is -1.50. The Morgan fingerprint density at radius 3 is 2.48 bits per heavy atom. The van der Waals surface area contributed by atoms with Crippen LogP contribution in [-0.4, -0.2) is 39.9 Å². The maximum Gasteiger partial charge on any atom is 0.331 e. The number of rotatable bonds is 12. The van der Waals surface area contributed by atoms with Gasteiger partial charge in [0.1, 0.15) is 23.2 Å². The maximum absolute atomic E-state index is 12.9. The average molecular weight is 474 g/mol. The number of benzene rings is 1. The molecule has 2 rings (SSSR count). The van der Waals surface area contributed by atoms with Crippen molar-refractivity contribution in [3.63, 3.8) is 0 Å². The SMILES string of the molecule is CCOC(=O)C(CC1CCCCC1)C(COS(=O)(=O)c1ccc(C)cc1OCC)[PH+]=O. The summed E-state index contributed by atoms with van der Waals surface area (Å²) in [5, 5.41) is 0. The molecule has 0 spiro atoms. The number of ether oxygens (including phenoxy) is 2. The lowest BCUT2D eigenvalue weighted by molar-refractivity contribution is -0.149. The molecule has 1 aliphatic carbocycles. The highest BCUT2D eigenvalue weighted by Gasteiger charge is 2.39. The molecule has 0 amide bonds. The molecule has 0 bridgehead atoms. The highest BCUT2D eigenvalue weighted by Crippen LogP contribution is 2.34. The van der Waals surface area contributed by atoms with Crippen LogP contribution in [0.5, 0.6) is 5.75 Å². The normalized spacial score (nSPS) is 17.3. The van der Waals surface area contributed by atoms with Crippen molar-refractivity contribution in [1.82, 2.24) is 0 Å². The van der Waals surface area contributed by atoms with Crippen LogP contribution in [0.15, 0.2) is 23.1 Å². The predicted octanol–water partition coefficient (Wildman–Crippen LogP) is 4.64. The van der Waals surface area contributed by atoms with Gasteiger partial charge in [-0.3, -0.25) is 8.98 Å². The first-order chi connectivity index (χ1) is 14.8. The van der Waals surface area contributed by atoms with Crippen molar-refractivity contribution in [2.24, 2.45) is 11.8 Å². The van der Waals surface area contributed by atoms with Crippen molar-refractivity contribution in [2.75, 3.05) is 19.8 Å². The third-order valence-electron chi connectivity index (χ3n) is 5.61. The van der Waals surface area contributed by atoms with Crippen LogP contribution >= 0.6 is 8.46 Å². The summed E-state index contributed by atoms with van der Waals surface area (Å²) in [4.78, 5) is 12.5. The van der Waals surface area contributed by atoms with Crippen LogP contribution in [0.2, 0.25) is 0 Å². The number of carbonyl (C=O) groups is 1. The highest BCUT2D eigenvalue weighted by atomic mass is 32.2. The Bertz CT molecular complexity index is 834. The van der Waals surface area contributed by atoms with E-state index in [-0.39, 0.29) is 23.9 Å². The van der Waals surface area contributed by atoms with E-state index in [2.05, 4.69) is 0 Å². The van der Waals surface area contributed by atoms with E-state index in [1.807, 2.05) is 6.92 Å². The fraction of sp³-hybridized carbons (Fsp3) is 0.682. The summed E-state index contributed by atoms with van der Waals surface area (Å²) in [5.41, 5.74) is 0.105. The van der Waals surface area contributed by atoms with Crippen LogP contribution in [0.4, 0.5) is 0 Å². The van der Waals surface area contributed by atoms with Crippen LogP contribution < -0.4 is 4.74 Å². The molecule has 0 heterocycles. The summed E-state index contributed by atoms with van der Waals surface area (Å²) < 4.78 is 53.7. The van der Waals surface area contributed by atoms with Crippen molar-refractivity contribution in [3.05, 3.63) is 23.8 Å². The molecule has 3 atom stereocenters. The Morgan fingerprint density at radius 2 is 1.87 bits per heavy atom. The lowest BCUT2D eigenvalue weighted by Crippen LogP contribution is -2.33. The highest BCUT2D eigenvalue weighted by molar-refractivity contribution is 7.86. The lowest BCUT2D eigenvalue weighted by Gasteiger charge is -2.26. The molecule has 1 aliphatic rings. The van der Waals surface area contributed by atoms with E-state index < -0.39 is 36.1 Å². The smallest absolute Gasteiger partial charge is 0.331 e. The van der Waals surface area contributed by atoms with Gasteiger partial charge in [-0.25, -0.2) is 0 Å². The van der Waals surface area contributed by atoms with Crippen molar-refractivity contribution in [1.29, 1.82) is 0 Å². The van der Waals surface area contributed by atoms with E-state index in [4.69, 9.17) is 13.7 Å². The minimum Gasteiger partial charge on any atom is -0.492 e. The predicted molar refractivity (Wildman–Crippen MR) is 120 cm³/mol. The molecule has 0 radical (unpaired) electrons. The zero-order valence-corrected chi connectivity index (χ0v) is 20.4. The number of hydrogen-bond acceptors (Lipinski definition) is 7. The van der Waals surface area contributed by atoms with Crippen molar-refractivity contribution in [2.45, 2.75) is 69.9 Å². The Balaban J connectivity index is 2.17. The zero-order valence-electron chi connectivity index (χ0n) is 18.6. The van der Waals surface area contributed by atoms with Gasteiger partial charge in [-0.15, -0.1) is 0 Å². The summed E-state index contributed by atoms with van der Waals surface area (Å²) in [5.74, 6) is -0.528. The Kier molecular flexibility index (Phi) is 10.4. The second-order valence-corrected chi connectivity index (χ2v) is 10.5. The summed E-state index contributed by atoms with van der Waals surface area (Å²) >= 11 is 0. The molecule has 3 unspecified atom stereocenters.